The fraction of sp³-hybridized carbons (Fsp3) is 0.0625. The third-order valence-electron chi connectivity index (χ3n) is 14.0. The molecule has 0 aliphatic rings. The quantitative estimate of drug-likeness (QED) is 0.160. The number of pyridine rings is 1. The Bertz CT molecular complexity index is 3590. The van der Waals surface area contributed by atoms with Gasteiger partial charge in [0.1, 0.15) is 0 Å². The van der Waals surface area contributed by atoms with E-state index in [1.54, 1.807) is 0 Å². The fourth-order valence-electron chi connectivity index (χ4n) is 10.7. The van der Waals surface area contributed by atoms with Crippen LogP contribution in [-0.4, -0.2) is 14.1 Å². The Morgan fingerprint density at radius 1 is 0.353 bits per heavy atom. The molecular weight excluding hydrogens is 825 g/mol. The van der Waals surface area contributed by atoms with E-state index in [4.69, 9.17) is 0 Å². The highest BCUT2D eigenvalue weighted by Crippen LogP contribution is 2.45. The van der Waals surface area contributed by atoms with Crippen LogP contribution >= 0.6 is 0 Å². The van der Waals surface area contributed by atoms with Crippen LogP contribution in [0.4, 0.5) is 0 Å². The van der Waals surface area contributed by atoms with Crippen LogP contribution < -0.4 is 0 Å². The van der Waals surface area contributed by atoms with Gasteiger partial charge in [-0.15, -0.1) is 0 Å². The lowest BCUT2D eigenvalue weighted by Crippen LogP contribution is -2.05. The molecule has 3 aromatic heterocycles. The molecule has 12 rings (SSSR count). The van der Waals surface area contributed by atoms with Gasteiger partial charge in [-0.25, -0.2) is 0 Å². The van der Waals surface area contributed by atoms with Gasteiger partial charge in [-0.3, -0.25) is 4.98 Å². The first-order valence-electron chi connectivity index (χ1n) is 23.2. The number of rotatable bonds is 7. The molecule has 12 aromatic rings. The summed E-state index contributed by atoms with van der Waals surface area (Å²) in [5.41, 5.74) is 22.8. The smallest absolute Gasteiger partial charge is 0.0993 e. The first-order chi connectivity index (χ1) is 33.3. The van der Waals surface area contributed by atoms with E-state index >= 15 is 0 Å². The van der Waals surface area contributed by atoms with E-state index in [1.807, 2.05) is 12.4 Å². The van der Waals surface area contributed by atoms with Crippen LogP contribution in [0.25, 0.3) is 111 Å². The van der Waals surface area contributed by atoms with Crippen molar-refractivity contribution >= 4 is 43.6 Å². The molecule has 0 amide bonds. The van der Waals surface area contributed by atoms with Gasteiger partial charge in [0, 0.05) is 39.5 Å². The molecule has 0 unspecified atom stereocenters. The second-order valence-electron chi connectivity index (χ2n) is 18.1. The van der Waals surface area contributed by atoms with E-state index in [9.17, 15) is 5.26 Å². The average Bonchev–Trinajstić information content (AvgIpc) is 3.87. The van der Waals surface area contributed by atoms with Gasteiger partial charge in [-0.1, -0.05) is 146 Å². The maximum absolute atomic E-state index is 11.2. The van der Waals surface area contributed by atoms with Crippen LogP contribution in [0.5, 0.6) is 0 Å². The van der Waals surface area contributed by atoms with Crippen molar-refractivity contribution in [2.24, 2.45) is 0 Å². The zero-order chi connectivity index (χ0) is 46.0. The second kappa shape index (κ2) is 16.3. The number of aryl methyl sites for hydroxylation is 4. The van der Waals surface area contributed by atoms with Crippen LogP contribution in [0.3, 0.4) is 0 Å². The van der Waals surface area contributed by atoms with Crippen molar-refractivity contribution in [3.8, 4) is 73.1 Å². The van der Waals surface area contributed by atoms with Gasteiger partial charge in [0.15, 0.2) is 0 Å². The highest BCUT2D eigenvalue weighted by Gasteiger charge is 2.25. The summed E-state index contributed by atoms with van der Waals surface area (Å²) in [5.74, 6) is 0. The van der Waals surface area contributed by atoms with Gasteiger partial charge in [0.2, 0.25) is 0 Å². The number of aromatic nitrogens is 3. The summed E-state index contributed by atoms with van der Waals surface area (Å²) in [6, 6.07) is 72.8. The number of nitrogens with zero attached hydrogens (tertiary/aromatic N) is 4. The largest absolute Gasteiger partial charge is 0.308 e. The molecule has 3 heterocycles. The van der Waals surface area contributed by atoms with E-state index in [0.29, 0.717) is 5.56 Å². The lowest BCUT2D eigenvalue weighted by molar-refractivity contribution is 1.13. The Kier molecular flexibility index (Phi) is 9.74. The van der Waals surface area contributed by atoms with Crippen LogP contribution in [0.15, 0.2) is 207 Å². The average molecular weight is 871 g/mol. The highest BCUT2D eigenvalue weighted by molar-refractivity contribution is 6.14. The van der Waals surface area contributed by atoms with Crippen molar-refractivity contribution in [3.05, 3.63) is 234 Å². The van der Waals surface area contributed by atoms with E-state index in [1.165, 1.54) is 44.5 Å². The predicted octanol–water partition coefficient (Wildman–Crippen LogP) is 16.7. The van der Waals surface area contributed by atoms with Gasteiger partial charge in [0.05, 0.1) is 45.1 Å². The third-order valence-corrected chi connectivity index (χ3v) is 14.0. The Hall–Kier alpha value is -8.78. The van der Waals surface area contributed by atoms with Crippen LogP contribution in [-0.2, 0) is 0 Å². The molecule has 68 heavy (non-hydrogen) atoms. The van der Waals surface area contributed by atoms with Gasteiger partial charge in [-0.05, 0) is 149 Å². The van der Waals surface area contributed by atoms with E-state index in [-0.39, 0.29) is 0 Å². The number of benzene rings is 9. The summed E-state index contributed by atoms with van der Waals surface area (Å²) >= 11 is 0. The maximum atomic E-state index is 11.2. The maximum Gasteiger partial charge on any atom is 0.0993 e. The minimum Gasteiger partial charge on any atom is -0.308 e. The zero-order valence-electron chi connectivity index (χ0n) is 38.4. The first-order valence-corrected chi connectivity index (χ1v) is 23.2. The molecule has 0 aliphatic carbocycles. The van der Waals surface area contributed by atoms with E-state index < -0.39 is 0 Å². The molecule has 0 spiro atoms. The standard InChI is InChI=1S/C64H46N4/c1-40-13-5-9-17-50(40)46-21-25-54-55-26-22-47(51-18-10-6-14-41(51)2)36-59(55)67(58(54)35-46)62-33-44(39-65)34-63(64(62)45-29-31-66-32-30-45)68-60-37-48(52-19-11-7-15-42(52)3)23-27-56(60)57-28-24-49(38-61(57)68)53-20-12-8-16-43(53)4/h5-38H,1-4H3. The molecule has 9 aromatic carbocycles. The predicted molar refractivity (Wildman–Crippen MR) is 284 cm³/mol. The molecule has 0 aliphatic heterocycles. The molecule has 0 N–H and O–H groups in total. The lowest BCUT2D eigenvalue weighted by Gasteiger charge is -2.21. The minimum atomic E-state index is 0.563. The zero-order valence-corrected chi connectivity index (χ0v) is 38.4. The molecule has 4 nitrogen and oxygen atoms in total. The topological polar surface area (TPSA) is 46.5 Å². The number of hydrogen-bond acceptors (Lipinski definition) is 2. The highest BCUT2D eigenvalue weighted by atomic mass is 15.0. The summed E-state index contributed by atoms with van der Waals surface area (Å²) < 4.78 is 4.83. The van der Waals surface area contributed by atoms with Gasteiger partial charge in [-0.2, -0.15) is 5.26 Å². The number of hydrogen-bond donors (Lipinski definition) is 0. The van der Waals surface area contributed by atoms with Gasteiger partial charge < -0.3 is 9.13 Å². The Morgan fingerprint density at radius 2 is 0.662 bits per heavy atom. The van der Waals surface area contributed by atoms with Crippen LogP contribution in [0, 0.1) is 39.0 Å². The molecule has 0 saturated heterocycles. The molecule has 0 radical (unpaired) electrons. The third kappa shape index (κ3) is 6.63. The summed E-state index contributed by atoms with van der Waals surface area (Å²) in [6.07, 6.45) is 3.75. The monoisotopic (exact) mass is 870 g/mol. The molecule has 0 fully saturated rings. The van der Waals surface area contributed by atoms with Crippen LogP contribution in [0.2, 0.25) is 0 Å². The van der Waals surface area contributed by atoms with Crippen molar-refractivity contribution in [2.75, 3.05) is 0 Å². The SMILES string of the molecule is Cc1ccccc1-c1ccc2c3ccc(-c4ccccc4C)cc3n(-c3cc(C#N)cc(-n4c5cc(-c6ccccc6C)ccc5c5ccc(-c6ccccc6C)cc54)c3-c3ccncc3)c2c1. The van der Waals surface area contributed by atoms with Crippen molar-refractivity contribution in [2.45, 2.75) is 27.7 Å². The van der Waals surface area contributed by atoms with Crippen LogP contribution in [0.1, 0.15) is 27.8 Å². The van der Waals surface area contributed by atoms with E-state index in [2.05, 4.69) is 242 Å². The number of nitriles is 1. The van der Waals surface area contributed by atoms with Crippen molar-refractivity contribution in [1.82, 2.24) is 14.1 Å². The normalized spacial score (nSPS) is 11.5. The van der Waals surface area contributed by atoms with Gasteiger partial charge in [0.25, 0.3) is 0 Å². The molecule has 4 heteroatoms. The van der Waals surface area contributed by atoms with Crippen molar-refractivity contribution < 1.29 is 0 Å². The first kappa shape index (κ1) is 40.7. The Balaban J connectivity index is 1.25. The molecular formula is C64H46N4. The number of fused-ring (bicyclic) bond motifs is 6. The van der Waals surface area contributed by atoms with Crippen molar-refractivity contribution in [1.29, 1.82) is 5.26 Å². The van der Waals surface area contributed by atoms with Gasteiger partial charge >= 0.3 is 0 Å². The summed E-state index contributed by atoms with van der Waals surface area (Å²) in [4.78, 5) is 4.54. The Labute approximate surface area is 396 Å². The molecule has 0 bridgehead atoms. The summed E-state index contributed by atoms with van der Waals surface area (Å²) in [7, 11) is 0. The summed E-state index contributed by atoms with van der Waals surface area (Å²) in [5, 5.41) is 15.8. The lowest BCUT2D eigenvalue weighted by atomic mass is 9.97. The van der Waals surface area contributed by atoms with Crippen molar-refractivity contribution in [3.63, 3.8) is 0 Å². The molecule has 0 atom stereocenters. The van der Waals surface area contributed by atoms with E-state index in [0.717, 1.165) is 88.4 Å². The molecule has 0 saturated carbocycles. The minimum absolute atomic E-state index is 0.563. The summed E-state index contributed by atoms with van der Waals surface area (Å²) in [6.45, 7) is 8.70. The Morgan fingerprint density at radius 3 is 0.956 bits per heavy atom. The fourth-order valence-corrected chi connectivity index (χ4v) is 10.7. The second-order valence-corrected chi connectivity index (χ2v) is 18.1. The molecule has 322 valence electrons.